The van der Waals surface area contributed by atoms with Gasteiger partial charge in [-0.1, -0.05) is 18.2 Å². The summed E-state index contributed by atoms with van der Waals surface area (Å²) in [7, 11) is 1.88. The Morgan fingerprint density at radius 3 is 2.50 bits per heavy atom. The Labute approximate surface area is 176 Å². The predicted molar refractivity (Wildman–Crippen MR) is 108 cm³/mol. The number of benzene rings is 2. The summed E-state index contributed by atoms with van der Waals surface area (Å²) >= 11 is 1.35. The number of ether oxygens (including phenoxy) is 1. The molecule has 30 heavy (non-hydrogen) atoms. The van der Waals surface area contributed by atoms with E-state index in [2.05, 4.69) is 0 Å². The number of alkyl halides is 3. The average molecular weight is 438 g/mol. The fourth-order valence-corrected chi connectivity index (χ4v) is 4.34. The van der Waals surface area contributed by atoms with E-state index in [0.29, 0.717) is 36.5 Å². The monoisotopic (exact) mass is 438 g/mol. The van der Waals surface area contributed by atoms with Crippen molar-refractivity contribution in [3.8, 4) is 5.75 Å². The van der Waals surface area contributed by atoms with E-state index in [4.69, 9.17) is 4.74 Å². The summed E-state index contributed by atoms with van der Waals surface area (Å²) in [6.07, 6.45) is -3.81. The van der Waals surface area contributed by atoms with Crippen LogP contribution >= 0.6 is 11.9 Å². The van der Waals surface area contributed by atoms with Crippen LogP contribution in [-0.2, 0) is 11.0 Å². The lowest BCUT2D eigenvalue weighted by Gasteiger charge is -2.26. The first-order chi connectivity index (χ1) is 14.2. The van der Waals surface area contributed by atoms with Crippen molar-refractivity contribution in [1.82, 2.24) is 4.31 Å². The summed E-state index contributed by atoms with van der Waals surface area (Å²) in [5.41, 5.74) is -0.710. The molecule has 2 aliphatic rings. The third-order valence-corrected chi connectivity index (χ3v) is 6.45. The van der Waals surface area contributed by atoms with Crippen LogP contribution in [0.4, 0.5) is 24.5 Å². The van der Waals surface area contributed by atoms with Crippen molar-refractivity contribution >= 4 is 29.3 Å². The zero-order chi connectivity index (χ0) is 21.5. The first-order valence-electron chi connectivity index (χ1n) is 9.53. The maximum absolute atomic E-state index is 13.9. The second kappa shape index (κ2) is 7.70. The van der Waals surface area contributed by atoms with Gasteiger partial charge in [0.05, 0.1) is 16.1 Å². The van der Waals surface area contributed by atoms with Gasteiger partial charge in [-0.15, -0.1) is 0 Å². The van der Waals surface area contributed by atoms with E-state index in [1.807, 2.05) is 46.6 Å². The Kier molecular flexibility index (Phi) is 5.36. The topological polar surface area (TPSA) is 53.0 Å². The molecule has 0 unspecified atom stereocenters. The molecule has 9 heteroatoms. The number of para-hydroxylation sites is 1. The molecule has 1 aliphatic carbocycles. The Bertz CT molecular complexity index is 949. The van der Waals surface area contributed by atoms with Gasteiger partial charge in [-0.25, -0.2) is 4.31 Å². The summed E-state index contributed by atoms with van der Waals surface area (Å²) in [6, 6.07) is 11.8. The lowest BCUT2D eigenvalue weighted by atomic mass is 10.1. The van der Waals surface area contributed by atoms with Crippen molar-refractivity contribution in [3.63, 3.8) is 0 Å². The molecule has 2 aromatic carbocycles. The minimum Gasteiger partial charge on any atom is -0.492 e. The smallest absolute Gasteiger partial charge is 0.420 e. The molecule has 1 N–H and O–H groups in total. The van der Waals surface area contributed by atoms with Gasteiger partial charge in [-0.2, -0.15) is 13.2 Å². The number of halogens is 3. The van der Waals surface area contributed by atoms with Gasteiger partial charge in [0.2, 0.25) is 0 Å². The molecular weight excluding hydrogens is 417 g/mol. The highest BCUT2D eigenvalue weighted by molar-refractivity contribution is 7.97. The first-order valence-corrected chi connectivity index (χ1v) is 10.3. The number of hydrogen-bond acceptors (Lipinski definition) is 5. The predicted octanol–water partition coefficient (Wildman–Crippen LogP) is 5.04. The highest BCUT2D eigenvalue weighted by Crippen LogP contribution is 2.49. The van der Waals surface area contributed by atoms with Crippen LogP contribution < -0.4 is 9.64 Å². The van der Waals surface area contributed by atoms with Crippen molar-refractivity contribution in [2.75, 3.05) is 31.6 Å². The van der Waals surface area contributed by atoms with Crippen LogP contribution in [0.5, 0.6) is 5.75 Å². The molecule has 1 heterocycles. The lowest BCUT2D eigenvalue weighted by Crippen LogP contribution is -2.25. The van der Waals surface area contributed by atoms with Gasteiger partial charge in [-0.3, -0.25) is 4.79 Å². The van der Waals surface area contributed by atoms with Crippen LogP contribution in [0.2, 0.25) is 0 Å². The number of aliphatic carboxylic acids is 1. The number of nitrogens with zero attached hydrogens (tertiary/aromatic N) is 2. The van der Waals surface area contributed by atoms with Crippen LogP contribution in [0.3, 0.4) is 0 Å². The van der Waals surface area contributed by atoms with Gasteiger partial charge in [-0.05, 0) is 56.1 Å². The fraction of sp³-hybridized carbons (Fsp3) is 0.381. The standard InChI is InChI=1S/C21H21F3N2O3S/c1-25-9-10-26(14-5-3-2-4-6-14)16-11-15(21(22,23)24)17(12-18(16)30-25)29-13-20(7-8-20)19(27)28/h2-6,11-12H,7-10,13H2,1H3,(H,27,28). The molecule has 0 radical (unpaired) electrons. The molecule has 1 aliphatic heterocycles. The third kappa shape index (κ3) is 4.09. The normalized spacial score (nSPS) is 18.5. The van der Waals surface area contributed by atoms with E-state index >= 15 is 0 Å². The van der Waals surface area contributed by atoms with E-state index in [9.17, 15) is 23.1 Å². The molecule has 1 fully saturated rings. The van der Waals surface area contributed by atoms with Crippen LogP contribution in [0.1, 0.15) is 18.4 Å². The second-order valence-corrected chi connectivity index (χ2v) is 8.86. The molecule has 0 bridgehead atoms. The number of carboxylic acid groups (broad SMARTS) is 1. The van der Waals surface area contributed by atoms with E-state index in [-0.39, 0.29) is 12.4 Å². The molecule has 0 aromatic heterocycles. The molecule has 5 nitrogen and oxygen atoms in total. The number of anilines is 2. The van der Waals surface area contributed by atoms with Crippen molar-refractivity contribution in [1.29, 1.82) is 0 Å². The molecule has 1 saturated carbocycles. The van der Waals surface area contributed by atoms with Gasteiger partial charge >= 0.3 is 12.1 Å². The second-order valence-electron chi connectivity index (χ2n) is 7.62. The summed E-state index contributed by atoms with van der Waals surface area (Å²) in [4.78, 5) is 13.9. The molecule has 2 aromatic rings. The number of hydrogen-bond donors (Lipinski definition) is 1. The number of likely N-dealkylation sites (N-methyl/N-ethyl adjacent to an activating group) is 1. The highest BCUT2D eigenvalue weighted by Gasteiger charge is 2.51. The zero-order valence-corrected chi connectivity index (χ0v) is 17.1. The Morgan fingerprint density at radius 1 is 1.20 bits per heavy atom. The number of carbonyl (C=O) groups is 1. The van der Waals surface area contributed by atoms with Crippen molar-refractivity contribution in [2.45, 2.75) is 23.9 Å². The van der Waals surface area contributed by atoms with Gasteiger partial charge in [0.25, 0.3) is 0 Å². The van der Waals surface area contributed by atoms with Crippen molar-refractivity contribution in [3.05, 3.63) is 48.0 Å². The van der Waals surface area contributed by atoms with Gasteiger partial charge in [0, 0.05) is 18.8 Å². The van der Waals surface area contributed by atoms with E-state index in [1.165, 1.54) is 18.0 Å². The third-order valence-electron chi connectivity index (χ3n) is 5.43. The fourth-order valence-electron chi connectivity index (χ4n) is 3.41. The quantitative estimate of drug-likeness (QED) is 0.660. The maximum atomic E-state index is 13.9. The lowest BCUT2D eigenvalue weighted by molar-refractivity contribution is -0.144. The largest absolute Gasteiger partial charge is 0.492 e. The summed E-state index contributed by atoms with van der Waals surface area (Å²) in [6.45, 7) is 0.904. The molecule has 0 spiro atoms. The van der Waals surface area contributed by atoms with Crippen LogP contribution in [0, 0.1) is 5.41 Å². The summed E-state index contributed by atoms with van der Waals surface area (Å²) in [5.74, 6) is -1.36. The van der Waals surface area contributed by atoms with Gasteiger partial charge in [0.1, 0.15) is 17.8 Å². The molecule has 4 rings (SSSR count). The minimum absolute atomic E-state index is 0.271. The number of rotatable bonds is 5. The van der Waals surface area contributed by atoms with E-state index in [1.54, 1.807) is 0 Å². The minimum atomic E-state index is -4.63. The molecule has 0 saturated heterocycles. The SMILES string of the molecule is CN1CCN(c2ccccc2)c2cc(C(F)(F)F)c(OCC3(C(=O)O)CC3)cc2S1. The number of fused-ring (bicyclic) bond motifs is 1. The Balaban J connectivity index is 1.76. The summed E-state index contributed by atoms with van der Waals surface area (Å²) in [5, 5.41) is 9.32. The van der Waals surface area contributed by atoms with Crippen molar-refractivity contribution < 1.29 is 27.8 Å². The molecule has 0 amide bonds. The van der Waals surface area contributed by atoms with Crippen molar-refractivity contribution in [2.24, 2.45) is 5.41 Å². The molecular formula is C21H21F3N2O3S. The average Bonchev–Trinajstić information content (AvgIpc) is 3.50. The van der Waals surface area contributed by atoms with Crippen LogP contribution in [-0.4, -0.2) is 42.1 Å². The highest BCUT2D eigenvalue weighted by atomic mass is 32.2. The Hall–Kier alpha value is -2.39. The maximum Gasteiger partial charge on any atom is 0.420 e. The Morgan fingerprint density at radius 2 is 1.90 bits per heavy atom. The van der Waals surface area contributed by atoms with E-state index in [0.717, 1.165) is 11.8 Å². The molecule has 160 valence electrons. The van der Waals surface area contributed by atoms with E-state index < -0.39 is 23.1 Å². The summed E-state index contributed by atoms with van der Waals surface area (Å²) < 4.78 is 49.1. The van der Waals surface area contributed by atoms with Gasteiger partial charge < -0.3 is 14.7 Å². The van der Waals surface area contributed by atoms with Gasteiger partial charge in [0.15, 0.2) is 0 Å². The van der Waals surface area contributed by atoms with Crippen LogP contribution in [0.25, 0.3) is 0 Å². The first kappa shape index (κ1) is 20.9. The zero-order valence-electron chi connectivity index (χ0n) is 16.3. The molecule has 0 atom stereocenters. The van der Waals surface area contributed by atoms with Crippen LogP contribution in [0.15, 0.2) is 47.4 Å². The number of carboxylic acids is 1.